The molecule has 1 saturated heterocycles. The van der Waals surface area contributed by atoms with Crippen molar-refractivity contribution in [3.63, 3.8) is 0 Å². The Bertz CT molecular complexity index is 459. The Labute approximate surface area is 120 Å². The molecule has 2 atom stereocenters. The fourth-order valence-corrected chi connectivity index (χ4v) is 3.91. The Morgan fingerprint density at radius 3 is 2.45 bits per heavy atom. The SMILES string of the molecule is CCC(C)C(=O)OCC(=O)N(CC)C1CCS(=O)(=O)C1. The summed E-state index contributed by atoms with van der Waals surface area (Å²) in [5, 5.41) is 0. The number of hydrogen-bond donors (Lipinski definition) is 0. The molecule has 0 aromatic heterocycles. The molecule has 20 heavy (non-hydrogen) atoms. The van der Waals surface area contributed by atoms with Crippen molar-refractivity contribution in [2.45, 2.75) is 39.7 Å². The molecule has 7 heteroatoms. The summed E-state index contributed by atoms with van der Waals surface area (Å²) in [5.74, 6) is -0.827. The number of likely N-dealkylation sites (N-methyl/N-ethyl adjacent to an activating group) is 1. The molecule has 1 aliphatic heterocycles. The first-order chi connectivity index (χ1) is 9.30. The van der Waals surface area contributed by atoms with Gasteiger partial charge in [-0.25, -0.2) is 8.42 Å². The monoisotopic (exact) mass is 305 g/mol. The molecule has 1 rings (SSSR count). The van der Waals surface area contributed by atoms with Gasteiger partial charge in [-0.1, -0.05) is 13.8 Å². The van der Waals surface area contributed by atoms with Crippen molar-refractivity contribution in [3.05, 3.63) is 0 Å². The number of carbonyl (C=O) groups excluding carboxylic acids is 2. The molecular formula is C13H23NO5S. The second-order valence-electron chi connectivity index (χ2n) is 5.15. The van der Waals surface area contributed by atoms with Gasteiger partial charge in [-0.15, -0.1) is 0 Å². The maximum absolute atomic E-state index is 12.0. The fraction of sp³-hybridized carbons (Fsp3) is 0.846. The number of esters is 1. The standard InChI is InChI=1S/C13H23NO5S/c1-4-10(3)13(16)19-8-12(15)14(5-2)11-6-7-20(17,18)9-11/h10-11H,4-9H2,1-3H3. The molecule has 0 radical (unpaired) electrons. The molecule has 6 nitrogen and oxygen atoms in total. The van der Waals surface area contributed by atoms with Crippen LogP contribution in [-0.4, -0.2) is 55.9 Å². The van der Waals surface area contributed by atoms with Gasteiger partial charge in [-0.2, -0.15) is 0 Å². The smallest absolute Gasteiger partial charge is 0.309 e. The number of hydrogen-bond acceptors (Lipinski definition) is 5. The van der Waals surface area contributed by atoms with Crippen LogP contribution >= 0.6 is 0 Å². The molecule has 0 aliphatic carbocycles. The first-order valence-electron chi connectivity index (χ1n) is 6.97. The number of carbonyl (C=O) groups is 2. The van der Waals surface area contributed by atoms with Gasteiger partial charge in [0.25, 0.3) is 5.91 Å². The predicted molar refractivity (Wildman–Crippen MR) is 74.9 cm³/mol. The third-order valence-corrected chi connectivity index (χ3v) is 5.41. The number of nitrogens with zero attached hydrogens (tertiary/aromatic N) is 1. The van der Waals surface area contributed by atoms with Gasteiger partial charge in [0.05, 0.1) is 17.4 Å². The molecule has 1 aliphatic rings. The van der Waals surface area contributed by atoms with E-state index in [-0.39, 0.29) is 36.0 Å². The zero-order chi connectivity index (χ0) is 15.3. The lowest BCUT2D eigenvalue weighted by Crippen LogP contribution is -2.43. The number of ether oxygens (including phenoxy) is 1. The largest absolute Gasteiger partial charge is 0.455 e. The predicted octanol–water partition coefficient (Wildman–Crippen LogP) is 0.611. The Kier molecular flexibility index (Phi) is 5.98. The molecular weight excluding hydrogens is 282 g/mol. The molecule has 0 bridgehead atoms. The van der Waals surface area contributed by atoms with Crippen molar-refractivity contribution in [2.75, 3.05) is 24.7 Å². The average Bonchev–Trinajstić information content (AvgIpc) is 2.75. The summed E-state index contributed by atoms with van der Waals surface area (Å²) in [6.07, 6.45) is 1.12. The van der Waals surface area contributed by atoms with Crippen molar-refractivity contribution in [1.82, 2.24) is 4.90 Å². The maximum atomic E-state index is 12.0. The molecule has 0 saturated carbocycles. The minimum absolute atomic E-state index is 0.00584. The number of sulfone groups is 1. The summed E-state index contributed by atoms with van der Waals surface area (Å²) in [7, 11) is -3.03. The van der Waals surface area contributed by atoms with E-state index in [0.717, 1.165) is 0 Å². The Hall–Kier alpha value is -1.11. The molecule has 1 heterocycles. The lowest BCUT2D eigenvalue weighted by molar-refractivity contribution is -0.155. The Balaban J connectivity index is 2.54. The second-order valence-corrected chi connectivity index (χ2v) is 7.38. The molecule has 0 aromatic carbocycles. The molecule has 116 valence electrons. The quantitative estimate of drug-likeness (QED) is 0.672. The van der Waals surface area contributed by atoms with Gasteiger partial charge in [-0.05, 0) is 19.8 Å². The minimum Gasteiger partial charge on any atom is -0.455 e. The highest BCUT2D eigenvalue weighted by atomic mass is 32.2. The minimum atomic E-state index is -3.03. The van der Waals surface area contributed by atoms with Crippen molar-refractivity contribution in [1.29, 1.82) is 0 Å². The molecule has 1 amide bonds. The van der Waals surface area contributed by atoms with E-state index in [2.05, 4.69) is 0 Å². The highest BCUT2D eigenvalue weighted by molar-refractivity contribution is 7.91. The zero-order valence-electron chi connectivity index (χ0n) is 12.3. The van der Waals surface area contributed by atoms with E-state index in [1.54, 1.807) is 13.8 Å². The maximum Gasteiger partial charge on any atom is 0.309 e. The van der Waals surface area contributed by atoms with Gasteiger partial charge < -0.3 is 9.64 Å². The van der Waals surface area contributed by atoms with E-state index in [0.29, 0.717) is 19.4 Å². The Morgan fingerprint density at radius 2 is 2.00 bits per heavy atom. The first-order valence-corrected chi connectivity index (χ1v) is 8.79. The van der Waals surface area contributed by atoms with Crippen LogP contribution in [0.4, 0.5) is 0 Å². The Morgan fingerprint density at radius 1 is 1.35 bits per heavy atom. The zero-order valence-corrected chi connectivity index (χ0v) is 13.1. The van der Waals surface area contributed by atoms with Gasteiger partial charge >= 0.3 is 5.97 Å². The van der Waals surface area contributed by atoms with Crippen molar-refractivity contribution in [3.8, 4) is 0 Å². The number of rotatable bonds is 6. The summed E-state index contributed by atoms with van der Waals surface area (Å²) < 4.78 is 27.9. The van der Waals surface area contributed by atoms with E-state index in [1.165, 1.54) is 4.90 Å². The summed E-state index contributed by atoms with van der Waals surface area (Å²) in [6.45, 7) is 5.51. The third-order valence-electron chi connectivity index (χ3n) is 3.66. The van der Waals surface area contributed by atoms with Crippen LogP contribution in [0.3, 0.4) is 0 Å². The van der Waals surface area contributed by atoms with Gasteiger partial charge in [-0.3, -0.25) is 9.59 Å². The summed E-state index contributed by atoms with van der Waals surface area (Å²) in [4.78, 5) is 25.1. The van der Waals surface area contributed by atoms with E-state index < -0.39 is 15.8 Å². The van der Waals surface area contributed by atoms with Crippen LogP contribution in [0.15, 0.2) is 0 Å². The van der Waals surface area contributed by atoms with E-state index in [4.69, 9.17) is 4.74 Å². The normalized spacial score (nSPS) is 22.2. The highest BCUT2D eigenvalue weighted by Crippen LogP contribution is 2.18. The summed E-state index contributed by atoms with van der Waals surface area (Å²) in [5.41, 5.74) is 0. The van der Waals surface area contributed by atoms with Crippen LogP contribution in [0.2, 0.25) is 0 Å². The van der Waals surface area contributed by atoms with Crippen LogP contribution in [0.25, 0.3) is 0 Å². The van der Waals surface area contributed by atoms with Gasteiger partial charge in [0, 0.05) is 12.6 Å². The first kappa shape index (κ1) is 16.9. The van der Waals surface area contributed by atoms with E-state index >= 15 is 0 Å². The van der Waals surface area contributed by atoms with Crippen LogP contribution in [-0.2, 0) is 24.2 Å². The lowest BCUT2D eigenvalue weighted by atomic mass is 10.1. The number of amides is 1. The van der Waals surface area contributed by atoms with Crippen molar-refractivity contribution < 1.29 is 22.7 Å². The van der Waals surface area contributed by atoms with Gasteiger partial charge in [0.2, 0.25) is 0 Å². The van der Waals surface area contributed by atoms with Crippen LogP contribution in [0.5, 0.6) is 0 Å². The highest BCUT2D eigenvalue weighted by Gasteiger charge is 2.34. The molecule has 0 aromatic rings. The van der Waals surface area contributed by atoms with Crippen molar-refractivity contribution in [2.24, 2.45) is 5.92 Å². The van der Waals surface area contributed by atoms with Crippen LogP contribution < -0.4 is 0 Å². The fourth-order valence-electron chi connectivity index (χ4n) is 2.18. The topological polar surface area (TPSA) is 80.8 Å². The summed E-state index contributed by atoms with van der Waals surface area (Å²) >= 11 is 0. The third kappa shape index (κ3) is 4.47. The molecule has 1 fully saturated rings. The van der Waals surface area contributed by atoms with Crippen LogP contribution in [0, 0.1) is 5.92 Å². The average molecular weight is 305 g/mol. The molecule has 0 N–H and O–H groups in total. The second kappa shape index (κ2) is 7.06. The van der Waals surface area contributed by atoms with E-state index in [9.17, 15) is 18.0 Å². The van der Waals surface area contributed by atoms with E-state index in [1.807, 2.05) is 6.92 Å². The molecule has 2 unspecified atom stereocenters. The van der Waals surface area contributed by atoms with Crippen LogP contribution in [0.1, 0.15) is 33.6 Å². The van der Waals surface area contributed by atoms with Gasteiger partial charge in [0.1, 0.15) is 0 Å². The lowest BCUT2D eigenvalue weighted by Gasteiger charge is -2.26. The van der Waals surface area contributed by atoms with Gasteiger partial charge in [0.15, 0.2) is 16.4 Å². The van der Waals surface area contributed by atoms with Crippen molar-refractivity contribution >= 4 is 21.7 Å². The molecule has 0 spiro atoms. The summed E-state index contributed by atoms with van der Waals surface area (Å²) in [6, 6.07) is -0.292.